The molecule has 0 amide bonds. The monoisotopic (exact) mass is 421 g/mol. The number of benzene rings is 2. The minimum absolute atomic E-state index is 0.144. The fraction of sp³-hybridized carbons (Fsp3) is 0.174. The Balaban J connectivity index is 1.91. The lowest BCUT2D eigenvalue weighted by atomic mass is 9.78. The van der Waals surface area contributed by atoms with Gasteiger partial charge < -0.3 is 9.32 Å². The summed E-state index contributed by atoms with van der Waals surface area (Å²) >= 11 is 3.26. The molecular formula is C23H20BrNO2. The van der Waals surface area contributed by atoms with Gasteiger partial charge in [-0.25, -0.2) is 0 Å². The molecule has 0 saturated carbocycles. The number of fused-ring (bicyclic) bond motifs is 3. The van der Waals surface area contributed by atoms with Crippen molar-refractivity contribution in [1.29, 1.82) is 0 Å². The Labute approximate surface area is 167 Å². The highest BCUT2D eigenvalue weighted by Gasteiger charge is 2.42. The summed E-state index contributed by atoms with van der Waals surface area (Å²) in [6, 6.07) is 16.1. The van der Waals surface area contributed by atoms with Gasteiger partial charge in [0.05, 0.1) is 5.69 Å². The molecule has 0 saturated heterocycles. The van der Waals surface area contributed by atoms with Gasteiger partial charge in [0.1, 0.15) is 0 Å². The van der Waals surface area contributed by atoms with Crippen LogP contribution in [0.3, 0.4) is 0 Å². The van der Waals surface area contributed by atoms with Crippen molar-refractivity contribution in [2.75, 3.05) is 11.9 Å². The SMILES string of the molecule is C=CCC1(C)/C(=C/C(=O)c2ccc(Br)o2)N(C)c2c1ccc1ccccc21. The summed E-state index contributed by atoms with van der Waals surface area (Å²) in [6.45, 7) is 6.12. The molecule has 1 aliphatic rings. The van der Waals surface area contributed by atoms with Crippen molar-refractivity contribution in [3.05, 3.63) is 89.0 Å². The predicted octanol–water partition coefficient (Wildman–Crippen LogP) is 6.25. The Bertz CT molecular complexity index is 1090. The molecule has 0 spiro atoms. The molecule has 27 heavy (non-hydrogen) atoms. The summed E-state index contributed by atoms with van der Waals surface area (Å²) in [5.74, 6) is 0.180. The van der Waals surface area contributed by atoms with E-state index in [0.717, 1.165) is 17.8 Å². The standard InChI is InChI=1S/C23H20BrNO2/c1-4-13-23(2)17-10-9-15-7-5-6-8-16(15)22(17)25(3)20(23)14-18(26)19-11-12-21(24)27-19/h4-12,14H,1,13H2,2-3H3/b20-14-. The molecule has 136 valence electrons. The Morgan fingerprint density at radius 2 is 2.00 bits per heavy atom. The zero-order valence-corrected chi connectivity index (χ0v) is 16.9. The van der Waals surface area contributed by atoms with E-state index in [-0.39, 0.29) is 11.2 Å². The average Bonchev–Trinajstić information content (AvgIpc) is 3.18. The van der Waals surface area contributed by atoms with E-state index in [1.54, 1.807) is 18.2 Å². The summed E-state index contributed by atoms with van der Waals surface area (Å²) in [5.41, 5.74) is 2.99. The van der Waals surface area contributed by atoms with Crippen molar-refractivity contribution >= 4 is 38.2 Å². The Kier molecular flexibility index (Phi) is 4.31. The number of anilines is 1. The molecule has 0 N–H and O–H groups in total. The van der Waals surface area contributed by atoms with Crippen molar-refractivity contribution in [3.8, 4) is 0 Å². The third-order valence-electron chi connectivity index (χ3n) is 5.39. The Morgan fingerprint density at radius 1 is 1.22 bits per heavy atom. The van der Waals surface area contributed by atoms with Crippen LogP contribution in [-0.2, 0) is 5.41 Å². The first-order chi connectivity index (χ1) is 13.0. The molecule has 1 atom stereocenters. The number of halogens is 1. The van der Waals surface area contributed by atoms with Crippen LogP contribution >= 0.6 is 15.9 Å². The number of carbonyl (C=O) groups excluding carboxylic acids is 1. The van der Waals surface area contributed by atoms with Crippen molar-refractivity contribution in [1.82, 2.24) is 0 Å². The lowest BCUT2D eigenvalue weighted by Gasteiger charge is -2.27. The van der Waals surface area contributed by atoms with Gasteiger partial charge in [0, 0.05) is 29.6 Å². The highest BCUT2D eigenvalue weighted by atomic mass is 79.9. The van der Waals surface area contributed by atoms with Crippen molar-refractivity contribution in [2.45, 2.75) is 18.8 Å². The van der Waals surface area contributed by atoms with Crippen LogP contribution in [0.5, 0.6) is 0 Å². The van der Waals surface area contributed by atoms with Crippen LogP contribution in [0.15, 0.2) is 82.0 Å². The van der Waals surface area contributed by atoms with Crippen LogP contribution in [0.1, 0.15) is 29.5 Å². The highest BCUT2D eigenvalue weighted by Crippen LogP contribution is 2.52. The second kappa shape index (κ2) is 6.54. The van der Waals surface area contributed by atoms with Gasteiger partial charge in [0.15, 0.2) is 10.4 Å². The number of hydrogen-bond acceptors (Lipinski definition) is 3. The lowest BCUT2D eigenvalue weighted by Crippen LogP contribution is -2.26. The molecule has 0 radical (unpaired) electrons. The first kappa shape index (κ1) is 17.8. The smallest absolute Gasteiger partial charge is 0.222 e. The summed E-state index contributed by atoms with van der Waals surface area (Å²) < 4.78 is 6.00. The van der Waals surface area contributed by atoms with Gasteiger partial charge in [-0.15, -0.1) is 6.58 Å². The second-order valence-electron chi connectivity index (χ2n) is 7.06. The van der Waals surface area contributed by atoms with Gasteiger partial charge in [-0.05, 0) is 52.4 Å². The van der Waals surface area contributed by atoms with Crippen molar-refractivity contribution < 1.29 is 9.21 Å². The van der Waals surface area contributed by atoms with E-state index < -0.39 is 0 Å². The molecule has 1 unspecified atom stereocenters. The van der Waals surface area contributed by atoms with E-state index >= 15 is 0 Å². The number of ketones is 1. The fourth-order valence-electron chi connectivity index (χ4n) is 4.09. The van der Waals surface area contributed by atoms with E-state index in [1.807, 2.05) is 19.2 Å². The van der Waals surface area contributed by atoms with E-state index in [1.165, 1.54) is 16.3 Å². The summed E-state index contributed by atoms with van der Waals surface area (Å²) in [5, 5.41) is 2.37. The zero-order chi connectivity index (χ0) is 19.2. The van der Waals surface area contributed by atoms with Gasteiger partial charge in [0.25, 0.3) is 0 Å². The third kappa shape index (κ3) is 2.76. The molecule has 0 aliphatic carbocycles. The molecule has 4 heteroatoms. The average molecular weight is 422 g/mol. The molecular weight excluding hydrogens is 402 g/mol. The number of nitrogens with zero attached hydrogens (tertiary/aromatic N) is 1. The van der Waals surface area contributed by atoms with Crippen LogP contribution < -0.4 is 4.90 Å². The number of rotatable bonds is 4. The molecule has 2 aromatic carbocycles. The first-order valence-electron chi connectivity index (χ1n) is 8.84. The Hall–Kier alpha value is -2.59. The van der Waals surface area contributed by atoms with Gasteiger partial charge in [-0.3, -0.25) is 4.79 Å². The minimum atomic E-state index is -0.324. The minimum Gasteiger partial charge on any atom is -0.446 e. The van der Waals surface area contributed by atoms with Crippen molar-refractivity contribution in [3.63, 3.8) is 0 Å². The predicted molar refractivity (Wildman–Crippen MR) is 113 cm³/mol. The maximum Gasteiger partial charge on any atom is 0.222 e. The topological polar surface area (TPSA) is 33.5 Å². The largest absolute Gasteiger partial charge is 0.446 e. The number of allylic oxidation sites excluding steroid dienone is 3. The quantitative estimate of drug-likeness (QED) is 0.283. The van der Waals surface area contributed by atoms with E-state index in [0.29, 0.717) is 10.4 Å². The number of likely N-dealkylation sites (N-methyl/N-ethyl adjacent to an activating group) is 1. The molecule has 0 fully saturated rings. The van der Waals surface area contributed by atoms with Crippen LogP contribution in [0.4, 0.5) is 5.69 Å². The van der Waals surface area contributed by atoms with E-state index in [2.05, 4.69) is 64.7 Å². The zero-order valence-electron chi connectivity index (χ0n) is 15.3. The van der Waals surface area contributed by atoms with E-state index in [4.69, 9.17) is 4.42 Å². The molecule has 3 nitrogen and oxygen atoms in total. The molecule has 1 aromatic heterocycles. The lowest BCUT2D eigenvalue weighted by molar-refractivity contribution is 0.101. The van der Waals surface area contributed by atoms with Gasteiger partial charge in [0.2, 0.25) is 5.78 Å². The van der Waals surface area contributed by atoms with Crippen molar-refractivity contribution in [2.24, 2.45) is 0 Å². The Morgan fingerprint density at radius 3 is 2.70 bits per heavy atom. The number of carbonyl (C=O) groups is 1. The number of hydrogen-bond donors (Lipinski definition) is 0. The fourth-order valence-corrected chi connectivity index (χ4v) is 4.40. The molecule has 1 aliphatic heterocycles. The second-order valence-corrected chi connectivity index (χ2v) is 7.85. The molecule has 4 rings (SSSR count). The first-order valence-corrected chi connectivity index (χ1v) is 9.63. The molecule has 3 aromatic rings. The summed E-state index contributed by atoms with van der Waals surface area (Å²) in [4.78, 5) is 15.0. The van der Waals surface area contributed by atoms with Gasteiger partial charge in [-0.1, -0.05) is 42.5 Å². The van der Waals surface area contributed by atoms with Crippen LogP contribution in [0, 0.1) is 0 Å². The van der Waals surface area contributed by atoms with Crippen LogP contribution in [-0.4, -0.2) is 12.8 Å². The van der Waals surface area contributed by atoms with Crippen LogP contribution in [0.2, 0.25) is 0 Å². The maximum atomic E-state index is 12.8. The third-order valence-corrected chi connectivity index (χ3v) is 5.82. The van der Waals surface area contributed by atoms with E-state index in [9.17, 15) is 4.79 Å². The molecule has 2 heterocycles. The number of furan rings is 1. The summed E-state index contributed by atoms with van der Waals surface area (Å²) in [7, 11) is 2.02. The highest BCUT2D eigenvalue weighted by molar-refractivity contribution is 9.10. The maximum absolute atomic E-state index is 12.8. The van der Waals surface area contributed by atoms with Gasteiger partial charge >= 0.3 is 0 Å². The summed E-state index contributed by atoms with van der Waals surface area (Å²) in [6.07, 6.45) is 4.35. The van der Waals surface area contributed by atoms with Crippen LogP contribution in [0.25, 0.3) is 10.8 Å². The normalized spacial score (nSPS) is 20.3. The van der Waals surface area contributed by atoms with Gasteiger partial charge in [-0.2, -0.15) is 0 Å². The molecule has 0 bridgehead atoms.